The number of hydrogen-bond acceptors (Lipinski definition) is 4. The number of benzene rings is 2. The summed E-state index contributed by atoms with van der Waals surface area (Å²) in [6.07, 6.45) is 0.947. The molecule has 2 aromatic carbocycles. The normalized spacial score (nSPS) is 11.5. The number of nitrogens with one attached hydrogen (secondary N) is 1. The molecule has 2 rings (SSSR count). The molecule has 0 aliphatic heterocycles. The van der Waals surface area contributed by atoms with Gasteiger partial charge in [0.15, 0.2) is 0 Å². The van der Waals surface area contributed by atoms with Crippen molar-refractivity contribution in [2.45, 2.75) is 26.3 Å². The molecule has 5 heteroatoms. The summed E-state index contributed by atoms with van der Waals surface area (Å²) in [5.74, 6) is 2.03. The summed E-state index contributed by atoms with van der Waals surface area (Å²) in [6.45, 7) is 4.63. The van der Waals surface area contributed by atoms with Crippen molar-refractivity contribution in [1.29, 1.82) is 0 Å². The molecule has 5 nitrogen and oxygen atoms in total. The van der Waals surface area contributed by atoms with Crippen LogP contribution in [0.1, 0.15) is 42.2 Å². The van der Waals surface area contributed by atoms with Crippen LogP contribution in [-0.4, -0.2) is 26.7 Å². The third-order valence-corrected chi connectivity index (χ3v) is 3.84. The molecule has 0 aliphatic rings. The average molecular weight is 343 g/mol. The van der Waals surface area contributed by atoms with Crippen LogP contribution in [0.5, 0.6) is 17.2 Å². The molecule has 0 spiro atoms. The fourth-order valence-electron chi connectivity index (χ4n) is 2.46. The third kappa shape index (κ3) is 4.89. The van der Waals surface area contributed by atoms with Crippen LogP contribution in [0.25, 0.3) is 0 Å². The van der Waals surface area contributed by atoms with Gasteiger partial charge in [-0.1, -0.05) is 6.92 Å². The number of amides is 1. The van der Waals surface area contributed by atoms with E-state index in [1.165, 1.54) is 0 Å². The highest BCUT2D eigenvalue weighted by Crippen LogP contribution is 2.29. The first kappa shape index (κ1) is 18.6. The largest absolute Gasteiger partial charge is 0.497 e. The lowest BCUT2D eigenvalue weighted by molar-refractivity contribution is 0.0939. The van der Waals surface area contributed by atoms with Crippen LogP contribution in [-0.2, 0) is 0 Å². The van der Waals surface area contributed by atoms with Crippen LogP contribution in [0.3, 0.4) is 0 Å². The Morgan fingerprint density at radius 3 is 2.32 bits per heavy atom. The smallest absolute Gasteiger partial charge is 0.251 e. The van der Waals surface area contributed by atoms with Crippen molar-refractivity contribution in [3.63, 3.8) is 0 Å². The predicted molar refractivity (Wildman–Crippen MR) is 97.7 cm³/mol. The molecule has 0 fully saturated rings. The van der Waals surface area contributed by atoms with Gasteiger partial charge in [-0.15, -0.1) is 0 Å². The Hall–Kier alpha value is -2.69. The maximum Gasteiger partial charge on any atom is 0.251 e. The topological polar surface area (TPSA) is 56.8 Å². The third-order valence-electron chi connectivity index (χ3n) is 3.84. The number of hydrogen-bond donors (Lipinski definition) is 1. The molecule has 134 valence electrons. The van der Waals surface area contributed by atoms with Crippen LogP contribution in [0, 0.1) is 0 Å². The van der Waals surface area contributed by atoms with Gasteiger partial charge >= 0.3 is 0 Å². The van der Waals surface area contributed by atoms with Gasteiger partial charge in [0.05, 0.1) is 26.9 Å². The van der Waals surface area contributed by atoms with Gasteiger partial charge in [-0.3, -0.25) is 4.79 Å². The van der Waals surface area contributed by atoms with Gasteiger partial charge < -0.3 is 19.5 Å². The van der Waals surface area contributed by atoms with Crippen molar-refractivity contribution in [2.75, 3.05) is 20.8 Å². The maximum atomic E-state index is 12.5. The lowest BCUT2D eigenvalue weighted by Gasteiger charge is -2.18. The van der Waals surface area contributed by atoms with Crippen LogP contribution in [0.15, 0.2) is 42.5 Å². The summed E-state index contributed by atoms with van der Waals surface area (Å²) < 4.78 is 16.2. The molecule has 0 saturated heterocycles. The second-order valence-electron chi connectivity index (χ2n) is 5.68. The van der Waals surface area contributed by atoms with E-state index in [4.69, 9.17) is 14.2 Å². The van der Waals surface area contributed by atoms with Gasteiger partial charge in [0.25, 0.3) is 5.91 Å². The lowest BCUT2D eigenvalue weighted by Crippen LogP contribution is -2.26. The number of ether oxygens (including phenoxy) is 3. The molecule has 25 heavy (non-hydrogen) atoms. The van der Waals surface area contributed by atoms with E-state index in [0.29, 0.717) is 23.7 Å². The van der Waals surface area contributed by atoms with Crippen LogP contribution in [0.2, 0.25) is 0 Å². The summed E-state index contributed by atoms with van der Waals surface area (Å²) in [5.41, 5.74) is 1.44. The zero-order valence-electron chi connectivity index (χ0n) is 15.2. The number of carbonyl (C=O) groups excluding carboxylic acids is 1. The monoisotopic (exact) mass is 343 g/mol. The highest BCUT2D eigenvalue weighted by molar-refractivity contribution is 5.94. The highest BCUT2D eigenvalue weighted by atomic mass is 16.5. The molecule has 0 unspecified atom stereocenters. The first-order chi connectivity index (χ1) is 12.1. The van der Waals surface area contributed by atoms with E-state index >= 15 is 0 Å². The van der Waals surface area contributed by atoms with Crippen LogP contribution < -0.4 is 19.5 Å². The van der Waals surface area contributed by atoms with Crippen molar-refractivity contribution in [3.8, 4) is 17.2 Å². The van der Waals surface area contributed by atoms with E-state index in [1.807, 2.05) is 25.1 Å². The van der Waals surface area contributed by atoms with E-state index in [-0.39, 0.29) is 11.9 Å². The van der Waals surface area contributed by atoms with E-state index in [1.54, 1.807) is 38.5 Å². The zero-order valence-corrected chi connectivity index (χ0v) is 15.2. The Kier molecular flexibility index (Phi) is 6.69. The Labute approximate surface area is 148 Å². The molecule has 2 aromatic rings. The van der Waals surface area contributed by atoms with Crippen molar-refractivity contribution in [2.24, 2.45) is 0 Å². The fraction of sp³-hybridized carbons (Fsp3) is 0.350. The second-order valence-corrected chi connectivity index (χ2v) is 5.68. The summed E-state index contributed by atoms with van der Waals surface area (Å²) in [5, 5.41) is 2.99. The van der Waals surface area contributed by atoms with Gasteiger partial charge in [0.2, 0.25) is 0 Å². The highest BCUT2D eigenvalue weighted by Gasteiger charge is 2.16. The van der Waals surface area contributed by atoms with E-state index in [2.05, 4.69) is 12.2 Å². The lowest BCUT2D eigenvalue weighted by atomic mass is 10.1. The number of carbonyl (C=O) groups is 1. The molecule has 0 aromatic heterocycles. The fourth-order valence-corrected chi connectivity index (χ4v) is 2.46. The summed E-state index contributed by atoms with van der Waals surface area (Å²) in [4.78, 5) is 12.5. The van der Waals surface area contributed by atoms with Gasteiger partial charge in [0.1, 0.15) is 17.2 Å². The first-order valence-corrected chi connectivity index (χ1v) is 8.34. The Morgan fingerprint density at radius 1 is 1.04 bits per heavy atom. The minimum absolute atomic E-state index is 0.153. The second kappa shape index (κ2) is 8.97. The SMILES string of the molecule is CCCOc1ccc(C(=O)N[C@@H](C)c2cc(OC)ccc2OC)cc1. The van der Waals surface area contributed by atoms with Gasteiger partial charge in [0, 0.05) is 11.1 Å². The Balaban J connectivity index is 2.09. The van der Waals surface area contributed by atoms with Crippen molar-refractivity contribution in [1.82, 2.24) is 5.32 Å². The molecule has 0 radical (unpaired) electrons. The van der Waals surface area contributed by atoms with Crippen molar-refractivity contribution < 1.29 is 19.0 Å². The molecular weight excluding hydrogens is 318 g/mol. The molecule has 0 heterocycles. The summed E-state index contributed by atoms with van der Waals surface area (Å²) >= 11 is 0. The van der Waals surface area contributed by atoms with E-state index in [0.717, 1.165) is 17.7 Å². The van der Waals surface area contributed by atoms with E-state index < -0.39 is 0 Å². The van der Waals surface area contributed by atoms with Gasteiger partial charge in [-0.25, -0.2) is 0 Å². The minimum atomic E-state index is -0.228. The molecule has 0 saturated carbocycles. The Bertz CT molecular complexity index is 697. The Morgan fingerprint density at radius 2 is 1.72 bits per heavy atom. The predicted octanol–water partition coefficient (Wildman–Crippen LogP) is 3.98. The molecule has 0 aliphatic carbocycles. The molecule has 1 atom stereocenters. The molecular formula is C20H25NO4. The molecule has 1 N–H and O–H groups in total. The molecule has 0 bridgehead atoms. The van der Waals surface area contributed by atoms with Crippen LogP contribution in [0.4, 0.5) is 0 Å². The first-order valence-electron chi connectivity index (χ1n) is 8.34. The quantitative estimate of drug-likeness (QED) is 0.787. The average Bonchev–Trinajstić information content (AvgIpc) is 2.66. The standard InChI is InChI=1S/C20H25NO4/c1-5-12-25-16-8-6-15(7-9-16)20(22)21-14(2)18-13-17(23-3)10-11-19(18)24-4/h6-11,13-14H,5,12H2,1-4H3,(H,21,22)/t14-/m0/s1. The number of rotatable bonds is 8. The molecule has 1 amide bonds. The van der Waals surface area contributed by atoms with E-state index in [9.17, 15) is 4.79 Å². The summed E-state index contributed by atoms with van der Waals surface area (Å²) in [6, 6.07) is 12.4. The summed E-state index contributed by atoms with van der Waals surface area (Å²) in [7, 11) is 3.21. The maximum absolute atomic E-state index is 12.5. The zero-order chi connectivity index (χ0) is 18.2. The van der Waals surface area contributed by atoms with Crippen LogP contribution >= 0.6 is 0 Å². The van der Waals surface area contributed by atoms with Gasteiger partial charge in [-0.05, 0) is 55.8 Å². The van der Waals surface area contributed by atoms with Crippen molar-refractivity contribution in [3.05, 3.63) is 53.6 Å². The van der Waals surface area contributed by atoms with Gasteiger partial charge in [-0.2, -0.15) is 0 Å². The number of methoxy groups -OCH3 is 2. The minimum Gasteiger partial charge on any atom is -0.497 e. The van der Waals surface area contributed by atoms with Crippen molar-refractivity contribution >= 4 is 5.91 Å².